The summed E-state index contributed by atoms with van der Waals surface area (Å²) in [4.78, 5) is 15.2. The average molecular weight is 354 g/mol. The number of benzene rings is 1. The largest absolute Gasteiger partial charge is 0.494 e. The molecule has 0 bridgehead atoms. The first-order valence-corrected chi connectivity index (χ1v) is 7.98. The van der Waals surface area contributed by atoms with Gasteiger partial charge >= 0.3 is 0 Å². The Morgan fingerprint density at radius 1 is 1.40 bits per heavy atom. The van der Waals surface area contributed by atoms with Crippen molar-refractivity contribution in [3.63, 3.8) is 0 Å². The van der Waals surface area contributed by atoms with Gasteiger partial charge in [-0.15, -0.1) is 11.3 Å². The Morgan fingerprint density at radius 3 is 2.85 bits per heavy atom. The monoisotopic (exact) mass is 353 g/mol. The van der Waals surface area contributed by atoms with E-state index < -0.39 is 0 Å². The number of carbonyl (C=O) groups excluding carboxylic acids is 1. The molecule has 0 unspecified atom stereocenters. The first-order valence-electron chi connectivity index (χ1n) is 6.31. The molecule has 1 amide bonds. The van der Waals surface area contributed by atoms with Gasteiger partial charge in [-0.2, -0.15) is 0 Å². The minimum Gasteiger partial charge on any atom is -0.494 e. The van der Waals surface area contributed by atoms with Gasteiger partial charge in [-0.25, -0.2) is 0 Å². The SMILES string of the molecule is CCOc1cccc(C(=O)N(C)Cc2cc(Br)cs2)c1. The first-order chi connectivity index (χ1) is 9.60. The van der Waals surface area contributed by atoms with Crippen LogP contribution in [-0.2, 0) is 6.54 Å². The molecule has 1 aromatic heterocycles. The average Bonchev–Trinajstić information content (AvgIpc) is 2.84. The number of amides is 1. The molecule has 0 aliphatic carbocycles. The van der Waals surface area contributed by atoms with Crippen LogP contribution in [0.1, 0.15) is 22.2 Å². The highest BCUT2D eigenvalue weighted by Crippen LogP contribution is 2.22. The Hall–Kier alpha value is -1.33. The van der Waals surface area contributed by atoms with Crippen LogP contribution in [0.4, 0.5) is 0 Å². The van der Waals surface area contributed by atoms with Crippen molar-refractivity contribution >= 4 is 33.2 Å². The summed E-state index contributed by atoms with van der Waals surface area (Å²) in [5, 5.41) is 2.02. The molecule has 2 aromatic rings. The van der Waals surface area contributed by atoms with Crippen LogP contribution >= 0.6 is 27.3 Å². The molecule has 0 saturated carbocycles. The minimum atomic E-state index is -0.00363. The van der Waals surface area contributed by atoms with Crippen molar-refractivity contribution in [2.24, 2.45) is 0 Å². The van der Waals surface area contributed by atoms with E-state index >= 15 is 0 Å². The van der Waals surface area contributed by atoms with Gasteiger partial charge in [0.25, 0.3) is 5.91 Å². The standard InChI is InChI=1S/C15H16BrNO2S/c1-3-19-13-6-4-5-11(7-13)15(18)17(2)9-14-8-12(16)10-20-14/h4-8,10H,3,9H2,1-2H3. The predicted molar refractivity (Wildman–Crippen MR) is 85.4 cm³/mol. The molecule has 2 rings (SSSR count). The van der Waals surface area contributed by atoms with E-state index in [1.54, 1.807) is 22.3 Å². The normalized spacial score (nSPS) is 10.3. The summed E-state index contributed by atoms with van der Waals surface area (Å²) in [5.74, 6) is 0.724. The third-order valence-electron chi connectivity index (χ3n) is 2.75. The van der Waals surface area contributed by atoms with E-state index in [0.717, 1.165) is 15.1 Å². The summed E-state index contributed by atoms with van der Waals surface area (Å²) in [6, 6.07) is 9.33. The fourth-order valence-corrected chi connectivity index (χ4v) is 3.35. The lowest BCUT2D eigenvalue weighted by atomic mass is 10.2. The molecular formula is C15H16BrNO2S. The van der Waals surface area contributed by atoms with Gasteiger partial charge in [-0.3, -0.25) is 4.79 Å². The fourth-order valence-electron chi connectivity index (χ4n) is 1.85. The van der Waals surface area contributed by atoms with Gasteiger partial charge in [0.15, 0.2) is 0 Å². The number of hydrogen-bond donors (Lipinski definition) is 0. The van der Waals surface area contributed by atoms with Gasteiger partial charge in [0.2, 0.25) is 0 Å². The number of hydrogen-bond acceptors (Lipinski definition) is 3. The molecule has 0 aliphatic heterocycles. The zero-order valence-corrected chi connectivity index (χ0v) is 13.8. The predicted octanol–water partition coefficient (Wildman–Crippen LogP) is 4.18. The molecule has 0 atom stereocenters. The van der Waals surface area contributed by atoms with Crippen molar-refractivity contribution in [2.45, 2.75) is 13.5 Å². The maximum Gasteiger partial charge on any atom is 0.254 e. The lowest BCUT2D eigenvalue weighted by molar-refractivity contribution is 0.0786. The molecule has 0 spiro atoms. The van der Waals surface area contributed by atoms with Crippen LogP contribution in [0.2, 0.25) is 0 Å². The van der Waals surface area contributed by atoms with E-state index in [0.29, 0.717) is 18.7 Å². The molecule has 0 fully saturated rings. The second-order valence-corrected chi connectivity index (χ2v) is 6.26. The number of halogens is 1. The lowest BCUT2D eigenvalue weighted by Crippen LogP contribution is -2.25. The van der Waals surface area contributed by atoms with Crippen LogP contribution in [0.25, 0.3) is 0 Å². The molecule has 0 radical (unpaired) electrons. The van der Waals surface area contributed by atoms with Crippen molar-refractivity contribution in [1.82, 2.24) is 4.90 Å². The third kappa shape index (κ3) is 3.84. The van der Waals surface area contributed by atoms with E-state index in [-0.39, 0.29) is 5.91 Å². The van der Waals surface area contributed by atoms with Gasteiger partial charge in [-0.05, 0) is 47.1 Å². The Kier molecular flexibility index (Phi) is 5.20. The fraction of sp³-hybridized carbons (Fsp3) is 0.267. The highest BCUT2D eigenvalue weighted by atomic mass is 79.9. The summed E-state index contributed by atoms with van der Waals surface area (Å²) < 4.78 is 6.48. The molecule has 0 aliphatic rings. The molecule has 1 heterocycles. The second kappa shape index (κ2) is 6.90. The van der Waals surface area contributed by atoms with Crippen molar-refractivity contribution in [3.8, 4) is 5.75 Å². The Labute approximate surface area is 131 Å². The molecule has 106 valence electrons. The van der Waals surface area contributed by atoms with E-state index in [1.807, 2.05) is 43.6 Å². The molecule has 3 nitrogen and oxygen atoms in total. The van der Waals surface area contributed by atoms with E-state index in [2.05, 4.69) is 15.9 Å². The van der Waals surface area contributed by atoms with Crippen LogP contribution in [-0.4, -0.2) is 24.5 Å². The number of ether oxygens (including phenoxy) is 1. The number of carbonyl (C=O) groups is 1. The molecular weight excluding hydrogens is 338 g/mol. The molecule has 0 N–H and O–H groups in total. The van der Waals surface area contributed by atoms with E-state index in [9.17, 15) is 4.79 Å². The van der Waals surface area contributed by atoms with Crippen LogP contribution in [0.15, 0.2) is 40.2 Å². The van der Waals surface area contributed by atoms with Gasteiger partial charge in [0.1, 0.15) is 5.75 Å². The van der Waals surface area contributed by atoms with Crippen LogP contribution in [0.3, 0.4) is 0 Å². The van der Waals surface area contributed by atoms with Crippen molar-refractivity contribution in [1.29, 1.82) is 0 Å². The third-order valence-corrected chi connectivity index (χ3v) is 4.44. The minimum absolute atomic E-state index is 0.00363. The van der Waals surface area contributed by atoms with Crippen LogP contribution in [0, 0.1) is 0 Å². The maximum absolute atomic E-state index is 12.4. The molecule has 5 heteroatoms. The van der Waals surface area contributed by atoms with Gasteiger partial charge in [-0.1, -0.05) is 6.07 Å². The highest BCUT2D eigenvalue weighted by Gasteiger charge is 2.13. The summed E-state index contributed by atoms with van der Waals surface area (Å²) in [6.45, 7) is 3.12. The Balaban J connectivity index is 2.07. The van der Waals surface area contributed by atoms with Crippen LogP contribution < -0.4 is 4.74 Å². The summed E-state index contributed by atoms with van der Waals surface area (Å²) in [5.41, 5.74) is 0.647. The number of rotatable bonds is 5. The smallest absolute Gasteiger partial charge is 0.254 e. The zero-order valence-electron chi connectivity index (χ0n) is 11.4. The van der Waals surface area contributed by atoms with Gasteiger partial charge in [0.05, 0.1) is 13.2 Å². The molecule has 0 saturated heterocycles. The topological polar surface area (TPSA) is 29.5 Å². The number of thiophene rings is 1. The zero-order chi connectivity index (χ0) is 14.5. The van der Waals surface area contributed by atoms with Crippen LogP contribution in [0.5, 0.6) is 5.75 Å². The lowest BCUT2D eigenvalue weighted by Gasteiger charge is -2.16. The Bertz CT molecular complexity index is 597. The van der Waals surface area contributed by atoms with Crippen molar-refractivity contribution < 1.29 is 9.53 Å². The first kappa shape index (κ1) is 15.1. The summed E-state index contributed by atoms with van der Waals surface area (Å²) in [7, 11) is 1.81. The molecule has 1 aromatic carbocycles. The van der Waals surface area contributed by atoms with Crippen molar-refractivity contribution in [2.75, 3.05) is 13.7 Å². The quantitative estimate of drug-likeness (QED) is 0.806. The highest BCUT2D eigenvalue weighted by molar-refractivity contribution is 9.10. The maximum atomic E-state index is 12.4. The number of nitrogens with zero attached hydrogens (tertiary/aromatic N) is 1. The van der Waals surface area contributed by atoms with Gasteiger partial charge < -0.3 is 9.64 Å². The summed E-state index contributed by atoms with van der Waals surface area (Å²) in [6.07, 6.45) is 0. The second-order valence-electron chi connectivity index (χ2n) is 4.35. The van der Waals surface area contributed by atoms with Crippen molar-refractivity contribution in [3.05, 3.63) is 50.6 Å². The van der Waals surface area contributed by atoms with E-state index in [4.69, 9.17) is 4.74 Å². The Morgan fingerprint density at radius 2 is 2.20 bits per heavy atom. The summed E-state index contributed by atoms with van der Waals surface area (Å²) >= 11 is 5.06. The molecule has 20 heavy (non-hydrogen) atoms. The van der Waals surface area contributed by atoms with Gasteiger partial charge in [0, 0.05) is 27.3 Å². The van der Waals surface area contributed by atoms with E-state index in [1.165, 1.54) is 0 Å².